The van der Waals surface area contributed by atoms with Crippen LogP contribution in [0.2, 0.25) is 0 Å². The zero-order valence-corrected chi connectivity index (χ0v) is 13.7. The van der Waals surface area contributed by atoms with Gasteiger partial charge in [0.1, 0.15) is 11.6 Å². The molecule has 0 spiro atoms. The molecule has 3 N–H and O–H groups in total. The number of nitrogens with two attached hydrogens (primary N) is 1. The molecule has 0 aromatic carbocycles. The quantitative estimate of drug-likeness (QED) is 0.882. The van der Waals surface area contributed by atoms with Gasteiger partial charge in [-0.2, -0.15) is 9.97 Å². The number of piperazine rings is 1. The van der Waals surface area contributed by atoms with Crippen molar-refractivity contribution in [3.05, 3.63) is 6.07 Å². The highest BCUT2D eigenvalue weighted by Gasteiger charge is 2.26. The molecule has 1 aromatic rings. The number of aromatic nitrogens is 2. The average Bonchev–Trinajstić information content (AvgIpc) is 2.44. The minimum atomic E-state index is 0.227. The highest BCUT2D eigenvalue weighted by Crippen LogP contribution is 2.21. The van der Waals surface area contributed by atoms with Gasteiger partial charge in [0.25, 0.3) is 0 Å². The maximum atomic E-state index is 5.84. The Kier molecular flexibility index (Phi) is 4.88. The summed E-state index contributed by atoms with van der Waals surface area (Å²) in [6.07, 6.45) is 1.06. The predicted octanol–water partition coefficient (Wildman–Crippen LogP) is 1.80. The minimum Gasteiger partial charge on any atom is -0.370 e. The van der Waals surface area contributed by atoms with E-state index >= 15 is 0 Å². The predicted molar refractivity (Wildman–Crippen MR) is 88.8 cm³/mol. The number of rotatable bonds is 4. The number of hydrogen-bond donors (Lipinski definition) is 2. The van der Waals surface area contributed by atoms with Crippen molar-refractivity contribution >= 4 is 17.6 Å². The van der Waals surface area contributed by atoms with Crippen LogP contribution in [0.5, 0.6) is 0 Å². The summed E-state index contributed by atoms with van der Waals surface area (Å²) in [6.45, 7) is 13.9. The number of anilines is 3. The van der Waals surface area contributed by atoms with E-state index in [-0.39, 0.29) is 5.54 Å². The van der Waals surface area contributed by atoms with Crippen LogP contribution >= 0.6 is 0 Å². The Balaban J connectivity index is 2.04. The van der Waals surface area contributed by atoms with Gasteiger partial charge in [-0.15, -0.1) is 0 Å². The van der Waals surface area contributed by atoms with Crippen molar-refractivity contribution in [2.75, 3.05) is 48.7 Å². The Morgan fingerprint density at radius 1 is 1.19 bits per heavy atom. The van der Waals surface area contributed by atoms with Crippen LogP contribution in [-0.4, -0.2) is 53.1 Å². The molecule has 0 amide bonds. The second-order valence-electron chi connectivity index (χ2n) is 6.54. The maximum Gasteiger partial charge on any atom is 0.223 e. The van der Waals surface area contributed by atoms with Crippen LogP contribution in [0.25, 0.3) is 0 Å². The first kappa shape index (κ1) is 15.8. The van der Waals surface area contributed by atoms with Gasteiger partial charge >= 0.3 is 0 Å². The van der Waals surface area contributed by atoms with Gasteiger partial charge in [0, 0.05) is 44.3 Å². The first-order chi connectivity index (χ1) is 9.90. The Morgan fingerprint density at radius 2 is 1.86 bits per heavy atom. The Labute approximate surface area is 127 Å². The zero-order chi connectivity index (χ0) is 15.5. The Morgan fingerprint density at radius 3 is 2.43 bits per heavy atom. The molecule has 2 rings (SSSR count). The first-order valence-corrected chi connectivity index (χ1v) is 7.78. The molecule has 1 aromatic heterocycles. The lowest BCUT2D eigenvalue weighted by atomic mass is 10.1. The zero-order valence-electron chi connectivity index (χ0n) is 13.7. The molecule has 1 aliphatic rings. The topological polar surface area (TPSA) is 70.3 Å². The molecule has 21 heavy (non-hydrogen) atoms. The van der Waals surface area contributed by atoms with E-state index in [1.807, 2.05) is 6.07 Å². The molecule has 0 saturated carbocycles. The lowest BCUT2D eigenvalue weighted by molar-refractivity contribution is 0.128. The number of nitrogens with one attached hydrogen (secondary N) is 1. The van der Waals surface area contributed by atoms with E-state index in [1.165, 1.54) is 0 Å². The summed E-state index contributed by atoms with van der Waals surface area (Å²) in [7, 11) is 0. The monoisotopic (exact) mass is 292 g/mol. The SMILES string of the molecule is CCCNc1cc(N2CCN(C(C)(C)C)CC2)nc(N)n1. The molecule has 0 radical (unpaired) electrons. The summed E-state index contributed by atoms with van der Waals surface area (Å²) in [4.78, 5) is 13.4. The molecular weight excluding hydrogens is 264 g/mol. The molecule has 118 valence electrons. The van der Waals surface area contributed by atoms with E-state index in [1.54, 1.807) is 0 Å². The number of nitrogens with zero attached hydrogens (tertiary/aromatic N) is 4. The number of hydrogen-bond acceptors (Lipinski definition) is 6. The third-order valence-corrected chi connectivity index (χ3v) is 3.84. The van der Waals surface area contributed by atoms with Crippen LogP contribution in [0.15, 0.2) is 6.07 Å². The van der Waals surface area contributed by atoms with E-state index in [4.69, 9.17) is 5.73 Å². The lowest BCUT2D eigenvalue weighted by Crippen LogP contribution is -2.53. The fraction of sp³-hybridized carbons (Fsp3) is 0.733. The van der Waals surface area contributed by atoms with Crippen molar-refractivity contribution in [2.45, 2.75) is 39.7 Å². The smallest absolute Gasteiger partial charge is 0.223 e. The van der Waals surface area contributed by atoms with E-state index in [9.17, 15) is 0 Å². The Bertz CT molecular complexity index is 460. The summed E-state index contributed by atoms with van der Waals surface area (Å²) in [5.41, 5.74) is 6.06. The van der Waals surface area contributed by atoms with E-state index in [0.29, 0.717) is 5.95 Å². The molecule has 0 unspecified atom stereocenters. The number of nitrogen functional groups attached to an aromatic ring is 1. The van der Waals surface area contributed by atoms with Gasteiger partial charge in [-0.05, 0) is 27.2 Å². The molecule has 0 bridgehead atoms. The van der Waals surface area contributed by atoms with Crippen molar-refractivity contribution in [3.63, 3.8) is 0 Å². The summed E-state index contributed by atoms with van der Waals surface area (Å²) < 4.78 is 0. The van der Waals surface area contributed by atoms with Gasteiger partial charge in [0.2, 0.25) is 5.95 Å². The second kappa shape index (κ2) is 6.47. The van der Waals surface area contributed by atoms with Gasteiger partial charge < -0.3 is 16.0 Å². The van der Waals surface area contributed by atoms with Gasteiger partial charge in [-0.3, -0.25) is 4.90 Å². The molecule has 6 heteroatoms. The van der Waals surface area contributed by atoms with Gasteiger partial charge in [0.05, 0.1) is 0 Å². The molecule has 0 aliphatic carbocycles. The molecule has 1 fully saturated rings. The third-order valence-electron chi connectivity index (χ3n) is 3.84. The summed E-state index contributed by atoms with van der Waals surface area (Å²) >= 11 is 0. The molecule has 2 heterocycles. The first-order valence-electron chi connectivity index (χ1n) is 7.78. The van der Waals surface area contributed by atoms with Crippen LogP contribution in [0.3, 0.4) is 0 Å². The minimum absolute atomic E-state index is 0.227. The third kappa shape index (κ3) is 4.20. The standard InChI is InChI=1S/C15H28N6/c1-5-6-17-12-11-13(19-14(16)18-12)20-7-9-21(10-8-20)15(2,3)4/h11H,5-10H2,1-4H3,(H3,16,17,18,19). The highest BCUT2D eigenvalue weighted by molar-refractivity contribution is 5.52. The maximum absolute atomic E-state index is 5.84. The summed E-state index contributed by atoms with van der Waals surface area (Å²) in [5, 5.41) is 3.28. The average molecular weight is 292 g/mol. The van der Waals surface area contributed by atoms with Crippen molar-refractivity contribution in [2.24, 2.45) is 0 Å². The van der Waals surface area contributed by atoms with E-state index in [0.717, 1.165) is 50.8 Å². The normalized spacial score (nSPS) is 17.0. The molecule has 6 nitrogen and oxygen atoms in total. The summed E-state index contributed by atoms with van der Waals surface area (Å²) in [5.74, 6) is 2.08. The molecule has 1 saturated heterocycles. The molecule has 0 atom stereocenters. The fourth-order valence-electron chi connectivity index (χ4n) is 2.56. The highest BCUT2D eigenvalue weighted by atomic mass is 15.3. The van der Waals surface area contributed by atoms with Crippen LogP contribution in [0, 0.1) is 0 Å². The van der Waals surface area contributed by atoms with Gasteiger partial charge in [0.15, 0.2) is 0 Å². The van der Waals surface area contributed by atoms with Gasteiger partial charge in [-0.25, -0.2) is 0 Å². The van der Waals surface area contributed by atoms with Gasteiger partial charge in [-0.1, -0.05) is 6.92 Å². The van der Waals surface area contributed by atoms with Crippen LogP contribution < -0.4 is 16.0 Å². The fourth-order valence-corrected chi connectivity index (χ4v) is 2.56. The van der Waals surface area contributed by atoms with Crippen molar-refractivity contribution < 1.29 is 0 Å². The molecular formula is C15H28N6. The van der Waals surface area contributed by atoms with E-state index in [2.05, 4.69) is 52.8 Å². The summed E-state index contributed by atoms with van der Waals surface area (Å²) in [6, 6.07) is 2.00. The van der Waals surface area contributed by atoms with Crippen LogP contribution in [0.4, 0.5) is 17.6 Å². The lowest BCUT2D eigenvalue weighted by Gasteiger charge is -2.42. The van der Waals surface area contributed by atoms with Crippen molar-refractivity contribution in [3.8, 4) is 0 Å². The van der Waals surface area contributed by atoms with E-state index < -0.39 is 0 Å². The second-order valence-corrected chi connectivity index (χ2v) is 6.54. The largest absolute Gasteiger partial charge is 0.370 e. The van der Waals surface area contributed by atoms with Crippen LogP contribution in [0.1, 0.15) is 34.1 Å². The Hall–Kier alpha value is -1.56. The van der Waals surface area contributed by atoms with Crippen LogP contribution in [-0.2, 0) is 0 Å². The van der Waals surface area contributed by atoms with Crippen molar-refractivity contribution in [1.29, 1.82) is 0 Å². The molecule has 1 aliphatic heterocycles. The van der Waals surface area contributed by atoms with Crippen molar-refractivity contribution in [1.82, 2.24) is 14.9 Å².